The molecule has 1 atom stereocenters. The average molecular weight is 399 g/mol. The van der Waals surface area contributed by atoms with Gasteiger partial charge < -0.3 is 14.5 Å². The number of likely N-dealkylation sites (tertiary alicyclic amines) is 1. The van der Waals surface area contributed by atoms with E-state index in [9.17, 15) is 9.18 Å². The maximum absolute atomic E-state index is 13.0. The highest BCUT2D eigenvalue weighted by Gasteiger charge is 2.27. The van der Waals surface area contributed by atoms with Crippen molar-refractivity contribution in [3.63, 3.8) is 0 Å². The Morgan fingerprint density at radius 1 is 1.14 bits per heavy atom. The van der Waals surface area contributed by atoms with Crippen LogP contribution in [0.4, 0.5) is 4.39 Å². The van der Waals surface area contributed by atoms with Gasteiger partial charge in [0.25, 0.3) is 5.91 Å². The average Bonchev–Trinajstić information content (AvgIpc) is 2.75. The van der Waals surface area contributed by atoms with Crippen molar-refractivity contribution in [1.82, 2.24) is 9.80 Å². The monoisotopic (exact) mass is 398 g/mol. The van der Waals surface area contributed by atoms with E-state index in [0.29, 0.717) is 5.92 Å². The molecule has 0 aromatic heterocycles. The van der Waals surface area contributed by atoms with Crippen molar-refractivity contribution in [2.45, 2.75) is 25.4 Å². The second-order valence-electron chi connectivity index (χ2n) is 7.91. The second kappa shape index (κ2) is 10.5. The number of hydrogen-bond acceptors (Lipinski definition) is 3. The zero-order valence-corrected chi connectivity index (χ0v) is 17.4. The number of amides is 1. The van der Waals surface area contributed by atoms with Crippen LogP contribution in [0, 0.1) is 11.7 Å². The summed E-state index contributed by atoms with van der Waals surface area (Å²) in [6.07, 6.45) is 2.57. The first kappa shape index (κ1) is 21.5. The normalized spacial score (nSPS) is 16.5. The molecule has 4 nitrogen and oxygen atoms in total. The number of carbonyl (C=O) groups excluding carboxylic acids is 1. The predicted octanol–water partition coefficient (Wildman–Crippen LogP) is 3.93. The van der Waals surface area contributed by atoms with Crippen molar-refractivity contribution in [1.29, 1.82) is 0 Å². The molecule has 156 valence electrons. The number of piperidine rings is 1. The second-order valence-corrected chi connectivity index (χ2v) is 7.91. The summed E-state index contributed by atoms with van der Waals surface area (Å²) in [5.74, 6) is 0.341. The van der Waals surface area contributed by atoms with Gasteiger partial charge in [0.2, 0.25) is 0 Å². The van der Waals surface area contributed by atoms with E-state index in [0.717, 1.165) is 51.0 Å². The topological polar surface area (TPSA) is 32.8 Å². The molecule has 3 rings (SSSR count). The molecule has 1 fully saturated rings. The maximum atomic E-state index is 13.0. The molecule has 1 amide bonds. The van der Waals surface area contributed by atoms with Crippen LogP contribution >= 0.6 is 0 Å². The summed E-state index contributed by atoms with van der Waals surface area (Å²) in [4.78, 5) is 17.1. The number of halogens is 1. The van der Waals surface area contributed by atoms with Gasteiger partial charge in [0, 0.05) is 27.2 Å². The fourth-order valence-electron chi connectivity index (χ4n) is 4.02. The highest BCUT2D eigenvalue weighted by molar-refractivity contribution is 5.82. The van der Waals surface area contributed by atoms with Gasteiger partial charge in [-0.15, -0.1) is 0 Å². The van der Waals surface area contributed by atoms with Crippen molar-refractivity contribution >= 4 is 5.91 Å². The highest BCUT2D eigenvalue weighted by atomic mass is 19.1. The van der Waals surface area contributed by atoms with Gasteiger partial charge in [-0.25, -0.2) is 4.39 Å². The fraction of sp³-hybridized carbons (Fsp3) is 0.458. The first-order chi connectivity index (χ1) is 14.1. The fourth-order valence-corrected chi connectivity index (χ4v) is 4.02. The van der Waals surface area contributed by atoms with Crippen LogP contribution in [0.2, 0.25) is 0 Å². The van der Waals surface area contributed by atoms with E-state index in [1.165, 1.54) is 17.7 Å². The van der Waals surface area contributed by atoms with Crippen molar-refractivity contribution in [3.8, 4) is 0 Å². The van der Waals surface area contributed by atoms with Gasteiger partial charge in [-0.3, -0.25) is 4.79 Å². The minimum absolute atomic E-state index is 0.0115. The van der Waals surface area contributed by atoms with Gasteiger partial charge in [0.1, 0.15) is 5.82 Å². The Kier molecular flexibility index (Phi) is 7.78. The van der Waals surface area contributed by atoms with Gasteiger partial charge in [0.05, 0.1) is 0 Å². The largest absolute Gasteiger partial charge is 0.367 e. The minimum Gasteiger partial charge on any atom is -0.367 e. The van der Waals surface area contributed by atoms with Gasteiger partial charge in [-0.2, -0.15) is 0 Å². The third kappa shape index (κ3) is 6.12. The van der Waals surface area contributed by atoms with Crippen LogP contribution in [0.1, 0.15) is 30.1 Å². The molecule has 1 heterocycles. The summed E-state index contributed by atoms with van der Waals surface area (Å²) in [5.41, 5.74) is 2.06. The number of rotatable bonds is 8. The summed E-state index contributed by atoms with van der Waals surface area (Å²) in [7, 11) is 3.46. The molecule has 0 spiro atoms. The Morgan fingerprint density at radius 3 is 2.41 bits per heavy atom. The molecule has 2 aromatic carbocycles. The van der Waals surface area contributed by atoms with Crippen molar-refractivity contribution in [3.05, 3.63) is 71.5 Å². The molecule has 2 aromatic rings. The molecule has 1 unspecified atom stereocenters. The Hall–Kier alpha value is -2.24. The minimum atomic E-state index is -0.544. The number of hydrogen-bond donors (Lipinski definition) is 0. The molecule has 1 saturated heterocycles. The van der Waals surface area contributed by atoms with Crippen molar-refractivity contribution in [2.75, 3.05) is 40.3 Å². The van der Waals surface area contributed by atoms with E-state index in [1.54, 1.807) is 7.11 Å². The lowest BCUT2D eigenvalue weighted by atomic mass is 9.95. The SMILES string of the molecule is COC(C(=O)N(C)CC1CCN(CCc2ccc(F)cc2)CC1)c1ccccc1. The summed E-state index contributed by atoms with van der Waals surface area (Å²) >= 11 is 0. The third-order valence-corrected chi connectivity index (χ3v) is 5.81. The van der Waals surface area contributed by atoms with Crippen LogP contribution in [0.3, 0.4) is 0 Å². The van der Waals surface area contributed by atoms with E-state index in [4.69, 9.17) is 4.74 Å². The van der Waals surface area contributed by atoms with Crippen LogP contribution < -0.4 is 0 Å². The summed E-state index contributed by atoms with van der Waals surface area (Å²) in [5, 5.41) is 0. The van der Waals surface area contributed by atoms with E-state index in [2.05, 4.69) is 4.90 Å². The predicted molar refractivity (Wildman–Crippen MR) is 113 cm³/mol. The summed E-state index contributed by atoms with van der Waals surface area (Å²) in [6.45, 7) is 3.84. The van der Waals surface area contributed by atoms with Crippen LogP contribution in [0.15, 0.2) is 54.6 Å². The molecule has 0 radical (unpaired) electrons. The van der Waals surface area contributed by atoms with Crippen LogP contribution in [-0.4, -0.2) is 56.0 Å². The highest BCUT2D eigenvalue weighted by Crippen LogP contribution is 2.22. The van der Waals surface area contributed by atoms with Gasteiger partial charge >= 0.3 is 0 Å². The van der Waals surface area contributed by atoms with Gasteiger partial charge in [-0.05, 0) is 61.5 Å². The number of nitrogens with zero attached hydrogens (tertiary/aromatic N) is 2. The molecular weight excluding hydrogens is 367 g/mol. The molecule has 1 aliphatic rings. The van der Waals surface area contributed by atoms with E-state index >= 15 is 0 Å². The van der Waals surface area contributed by atoms with E-state index < -0.39 is 6.10 Å². The number of carbonyl (C=O) groups is 1. The van der Waals surface area contributed by atoms with Crippen molar-refractivity contribution in [2.24, 2.45) is 5.92 Å². The van der Waals surface area contributed by atoms with Crippen LogP contribution in [0.25, 0.3) is 0 Å². The van der Waals surface area contributed by atoms with Crippen LogP contribution in [-0.2, 0) is 16.0 Å². The lowest BCUT2D eigenvalue weighted by molar-refractivity contribution is -0.141. The smallest absolute Gasteiger partial charge is 0.256 e. The number of methoxy groups -OCH3 is 1. The van der Waals surface area contributed by atoms with Gasteiger partial charge in [-0.1, -0.05) is 42.5 Å². The lowest BCUT2D eigenvalue weighted by Crippen LogP contribution is -2.41. The first-order valence-electron chi connectivity index (χ1n) is 10.4. The molecular formula is C24H31FN2O2. The number of benzene rings is 2. The summed E-state index contributed by atoms with van der Waals surface area (Å²) in [6, 6.07) is 16.4. The molecule has 0 bridgehead atoms. The summed E-state index contributed by atoms with van der Waals surface area (Å²) < 4.78 is 18.5. The Labute approximate surface area is 173 Å². The number of likely N-dealkylation sites (N-methyl/N-ethyl adjacent to an activating group) is 1. The standard InChI is InChI=1S/C24H31FN2O2/c1-26(24(28)23(29-2)21-6-4-3-5-7-21)18-20-13-16-27(17-14-20)15-12-19-8-10-22(25)11-9-19/h3-11,20,23H,12-18H2,1-2H3. The quantitative estimate of drug-likeness (QED) is 0.676. The maximum Gasteiger partial charge on any atom is 0.256 e. The molecule has 29 heavy (non-hydrogen) atoms. The molecule has 0 aliphatic carbocycles. The molecule has 5 heteroatoms. The van der Waals surface area contributed by atoms with Crippen molar-refractivity contribution < 1.29 is 13.9 Å². The van der Waals surface area contributed by atoms with Crippen LogP contribution in [0.5, 0.6) is 0 Å². The zero-order chi connectivity index (χ0) is 20.6. The lowest BCUT2D eigenvalue weighted by Gasteiger charge is -2.34. The molecule has 1 aliphatic heterocycles. The third-order valence-electron chi connectivity index (χ3n) is 5.81. The Bertz CT molecular complexity index is 758. The first-order valence-corrected chi connectivity index (χ1v) is 10.4. The molecule has 0 N–H and O–H groups in total. The number of ether oxygens (including phenoxy) is 1. The van der Waals surface area contributed by atoms with E-state index in [-0.39, 0.29) is 11.7 Å². The molecule has 0 saturated carbocycles. The Balaban J connectivity index is 1.43. The van der Waals surface area contributed by atoms with E-state index in [1.807, 2.05) is 54.4 Å². The van der Waals surface area contributed by atoms with Gasteiger partial charge in [0.15, 0.2) is 6.10 Å². The zero-order valence-electron chi connectivity index (χ0n) is 17.4. The Morgan fingerprint density at radius 2 is 1.79 bits per heavy atom.